The first kappa shape index (κ1) is 13.4. The third kappa shape index (κ3) is 2.17. The quantitative estimate of drug-likeness (QED) is 0.851. The normalized spacial score (nSPS) is 18.8. The second kappa shape index (κ2) is 5.16. The van der Waals surface area contributed by atoms with Gasteiger partial charge in [0.05, 0.1) is 13.0 Å². The van der Waals surface area contributed by atoms with E-state index in [2.05, 4.69) is 19.1 Å². The summed E-state index contributed by atoms with van der Waals surface area (Å²) in [5, 5.41) is 0. The van der Waals surface area contributed by atoms with Gasteiger partial charge in [0.15, 0.2) is 0 Å². The van der Waals surface area contributed by atoms with E-state index in [1.165, 1.54) is 11.1 Å². The van der Waals surface area contributed by atoms with Crippen molar-refractivity contribution < 1.29 is 9.53 Å². The lowest BCUT2D eigenvalue weighted by Crippen LogP contribution is -2.36. The molecule has 0 N–H and O–H groups in total. The number of hydrogen-bond donors (Lipinski definition) is 0. The summed E-state index contributed by atoms with van der Waals surface area (Å²) in [5.41, 5.74) is 4.64. The van der Waals surface area contributed by atoms with Gasteiger partial charge in [-0.2, -0.15) is 0 Å². The maximum absolute atomic E-state index is 12.8. The highest BCUT2D eigenvalue weighted by Gasteiger charge is 2.30. The second-order valence-electron chi connectivity index (χ2n) is 6.16. The van der Waals surface area contributed by atoms with Gasteiger partial charge in [-0.15, -0.1) is 0 Å². The largest absolute Gasteiger partial charge is 0.493 e. The summed E-state index contributed by atoms with van der Waals surface area (Å²) in [6.45, 7) is 2.87. The number of anilines is 1. The number of carbonyl (C=O) groups excluding carboxylic acids is 1. The Morgan fingerprint density at radius 1 is 1.23 bits per heavy atom. The van der Waals surface area contributed by atoms with E-state index < -0.39 is 0 Å². The van der Waals surface area contributed by atoms with Gasteiger partial charge in [0, 0.05) is 18.2 Å². The smallest absolute Gasteiger partial charge is 0.231 e. The van der Waals surface area contributed by atoms with E-state index in [1.807, 2.05) is 35.2 Å². The monoisotopic (exact) mass is 293 g/mol. The first-order valence-electron chi connectivity index (χ1n) is 7.87. The van der Waals surface area contributed by atoms with Gasteiger partial charge in [-0.3, -0.25) is 4.79 Å². The topological polar surface area (TPSA) is 29.5 Å². The molecule has 3 nitrogen and oxygen atoms in total. The molecule has 3 heteroatoms. The van der Waals surface area contributed by atoms with Crippen LogP contribution in [0.1, 0.15) is 23.6 Å². The zero-order valence-electron chi connectivity index (χ0n) is 12.7. The average Bonchev–Trinajstić information content (AvgIpc) is 3.09. The number of rotatable bonds is 2. The van der Waals surface area contributed by atoms with Gasteiger partial charge in [0.1, 0.15) is 5.75 Å². The Bertz CT molecular complexity index is 738. The Labute approximate surface area is 130 Å². The summed E-state index contributed by atoms with van der Waals surface area (Å²) in [4.78, 5) is 14.7. The summed E-state index contributed by atoms with van der Waals surface area (Å²) in [7, 11) is 0. The van der Waals surface area contributed by atoms with Gasteiger partial charge in [-0.1, -0.05) is 30.3 Å². The average molecular weight is 293 g/mol. The van der Waals surface area contributed by atoms with Gasteiger partial charge in [-0.05, 0) is 42.2 Å². The molecule has 2 aromatic carbocycles. The summed E-state index contributed by atoms with van der Waals surface area (Å²) in [6.07, 6.45) is 2.34. The Balaban J connectivity index is 1.58. The van der Waals surface area contributed by atoms with Crippen LogP contribution >= 0.6 is 0 Å². The molecule has 0 saturated heterocycles. The molecule has 2 aliphatic rings. The van der Waals surface area contributed by atoms with Crippen LogP contribution in [0.15, 0.2) is 42.5 Å². The number of hydrogen-bond acceptors (Lipinski definition) is 2. The Hall–Kier alpha value is -2.29. The predicted octanol–water partition coefficient (Wildman–Crippen LogP) is 3.14. The highest BCUT2D eigenvalue weighted by molar-refractivity contribution is 5.97. The third-order valence-electron chi connectivity index (χ3n) is 4.59. The SMILES string of the molecule is CC1Cc2ccccc2N1C(=O)Cc1ccc2c(c1)CCO2. The molecule has 0 saturated carbocycles. The van der Waals surface area contributed by atoms with Crippen molar-refractivity contribution in [3.63, 3.8) is 0 Å². The lowest BCUT2D eigenvalue weighted by molar-refractivity contribution is -0.118. The van der Waals surface area contributed by atoms with Crippen molar-refractivity contribution in [3.8, 4) is 5.75 Å². The molecule has 1 unspecified atom stereocenters. The van der Waals surface area contributed by atoms with Gasteiger partial charge in [-0.25, -0.2) is 0 Å². The predicted molar refractivity (Wildman–Crippen MR) is 86.4 cm³/mol. The zero-order valence-corrected chi connectivity index (χ0v) is 12.7. The van der Waals surface area contributed by atoms with Crippen molar-refractivity contribution in [1.29, 1.82) is 0 Å². The van der Waals surface area contributed by atoms with Crippen LogP contribution in [0, 0.1) is 0 Å². The Morgan fingerprint density at radius 3 is 3.00 bits per heavy atom. The first-order chi connectivity index (χ1) is 10.7. The standard InChI is InChI=1S/C19H19NO2/c1-13-10-15-4-2-3-5-17(15)20(13)19(21)12-14-6-7-18-16(11-14)8-9-22-18/h2-7,11,13H,8-10,12H2,1H3. The Morgan fingerprint density at radius 2 is 2.09 bits per heavy atom. The zero-order chi connectivity index (χ0) is 15.1. The molecular weight excluding hydrogens is 274 g/mol. The molecule has 1 atom stereocenters. The van der Waals surface area contributed by atoms with E-state index in [4.69, 9.17) is 4.74 Å². The van der Waals surface area contributed by atoms with Crippen LogP contribution in [0.3, 0.4) is 0 Å². The number of para-hydroxylation sites is 1. The molecule has 0 aliphatic carbocycles. The van der Waals surface area contributed by atoms with E-state index in [0.29, 0.717) is 6.42 Å². The van der Waals surface area contributed by atoms with E-state index in [1.54, 1.807) is 0 Å². The number of ether oxygens (including phenoxy) is 1. The van der Waals surface area contributed by atoms with Crippen LogP contribution in [0.25, 0.3) is 0 Å². The first-order valence-corrected chi connectivity index (χ1v) is 7.87. The molecule has 0 radical (unpaired) electrons. The van der Waals surface area contributed by atoms with E-state index in [0.717, 1.165) is 36.4 Å². The molecule has 2 aromatic rings. The molecule has 112 valence electrons. The van der Waals surface area contributed by atoms with Crippen molar-refractivity contribution in [1.82, 2.24) is 0 Å². The summed E-state index contributed by atoms with van der Waals surface area (Å²) in [5.74, 6) is 1.15. The highest BCUT2D eigenvalue weighted by atomic mass is 16.5. The molecule has 1 amide bonds. The van der Waals surface area contributed by atoms with Gasteiger partial charge in [0.25, 0.3) is 0 Å². The van der Waals surface area contributed by atoms with Crippen LogP contribution in [-0.2, 0) is 24.1 Å². The van der Waals surface area contributed by atoms with Gasteiger partial charge < -0.3 is 9.64 Å². The minimum Gasteiger partial charge on any atom is -0.493 e. The lowest BCUT2D eigenvalue weighted by Gasteiger charge is -2.23. The molecule has 0 spiro atoms. The van der Waals surface area contributed by atoms with Crippen LogP contribution in [0.2, 0.25) is 0 Å². The third-order valence-corrected chi connectivity index (χ3v) is 4.59. The van der Waals surface area contributed by atoms with E-state index in [9.17, 15) is 4.79 Å². The van der Waals surface area contributed by atoms with Gasteiger partial charge in [0.2, 0.25) is 5.91 Å². The van der Waals surface area contributed by atoms with Crippen LogP contribution in [0.5, 0.6) is 5.75 Å². The minimum atomic E-state index is 0.177. The fourth-order valence-electron chi connectivity index (χ4n) is 3.56. The molecule has 2 aliphatic heterocycles. The fourth-order valence-corrected chi connectivity index (χ4v) is 3.56. The molecule has 22 heavy (non-hydrogen) atoms. The van der Waals surface area contributed by atoms with E-state index in [-0.39, 0.29) is 11.9 Å². The fraction of sp³-hybridized carbons (Fsp3) is 0.316. The maximum atomic E-state index is 12.8. The van der Waals surface area contributed by atoms with Crippen LogP contribution < -0.4 is 9.64 Å². The molecule has 0 fully saturated rings. The molecule has 0 bridgehead atoms. The highest BCUT2D eigenvalue weighted by Crippen LogP contribution is 2.33. The number of fused-ring (bicyclic) bond motifs is 2. The molecule has 4 rings (SSSR count). The summed E-state index contributed by atoms with van der Waals surface area (Å²) < 4.78 is 5.53. The number of nitrogens with zero attached hydrogens (tertiary/aromatic N) is 1. The molecule has 2 heterocycles. The van der Waals surface area contributed by atoms with E-state index >= 15 is 0 Å². The van der Waals surface area contributed by atoms with Crippen molar-refractivity contribution >= 4 is 11.6 Å². The van der Waals surface area contributed by atoms with Crippen LogP contribution in [-0.4, -0.2) is 18.6 Å². The summed E-state index contributed by atoms with van der Waals surface area (Å²) in [6, 6.07) is 14.6. The van der Waals surface area contributed by atoms with Crippen molar-refractivity contribution in [2.75, 3.05) is 11.5 Å². The Kier molecular flexibility index (Phi) is 3.14. The lowest BCUT2D eigenvalue weighted by atomic mass is 10.1. The van der Waals surface area contributed by atoms with Crippen molar-refractivity contribution in [2.24, 2.45) is 0 Å². The van der Waals surface area contributed by atoms with Gasteiger partial charge >= 0.3 is 0 Å². The molecular formula is C19H19NO2. The second-order valence-corrected chi connectivity index (χ2v) is 6.16. The van der Waals surface area contributed by atoms with Crippen molar-refractivity contribution in [2.45, 2.75) is 32.2 Å². The maximum Gasteiger partial charge on any atom is 0.231 e. The number of amides is 1. The number of carbonyl (C=O) groups is 1. The van der Waals surface area contributed by atoms with Crippen molar-refractivity contribution in [3.05, 3.63) is 59.2 Å². The van der Waals surface area contributed by atoms with Crippen LogP contribution in [0.4, 0.5) is 5.69 Å². The minimum absolute atomic E-state index is 0.177. The number of benzene rings is 2. The summed E-state index contributed by atoms with van der Waals surface area (Å²) >= 11 is 0. The molecule has 0 aromatic heterocycles.